The summed E-state index contributed by atoms with van der Waals surface area (Å²) in [6.45, 7) is 5.08. The predicted molar refractivity (Wildman–Crippen MR) is 74.3 cm³/mol. The molecule has 106 valence electrons. The summed E-state index contributed by atoms with van der Waals surface area (Å²) >= 11 is 0. The van der Waals surface area contributed by atoms with E-state index in [9.17, 15) is 4.79 Å². The summed E-state index contributed by atoms with van der Waals surface area (Å²) in [5, 5.41) is 0. The molecule has 1 fully saturated rings. The van der Waals surface area contributed by atoms with Crippen LogP contribution >= 0.6 is 0 Å². The van der Waals surface area contributed by atoms with Crippen molar-refractivity contribution in [3.05, 3.63) is 24.2 Å². The van der Waals surface area contributed by atoms with Gasteiger partial charge in [0.05, 0.1) is 18.2 Å². The monoisotopic (exact) mass is 264 g/mol. The van der Waals surface area contributed by atoms with Crippen molar-refractivity contribution < 1.29 is 9.21 Å². The first-order valence-electron chi connectivity index (χ1n) is 7.20. The fourth-order valence-electron chi connectivity index (χ4n) is 2.56. The molecule has 0 aromatic carbocycles. The summed E-state index contributed by atoms with van der Waals surface area (Å²) in [5.41, 5.74) is 5.48. The highest BCUT2D eigenvalue weighted by Gasteiger charge is 2.42. The molecule has 0 spiro atoms. The van der Waals surface area contributed by atoms with E-state index in [4.69, 9.17) is 10.2 Å². The number of amides is 1. The minimum absolute atomic E-state index is 0.193. The van der Waals surface area contributed by atoms with Gasteiger partial charge in [-0.15, -0.1) is 0 Å². The molecule has 0 aliphatic heterocycles. The molecule has 2 N–H and O–H groups in total. The van der Waals surface area contributed by atoms with Crippen molar-refractivity contribution in [3.63, 3.8) is 0 Å². The van der Waals surface area contributed by atoms with E-state index < -0.39 is 5.41 Å². The van der Waals surface area contributed by atoms with Crippen LogP contribution in [-0.2, 0) is 11.3 Å². The molecule has 4 nitrogen and oxygen atoms in total. The second kappa shape index (κ2) is 5.78. The molecule has 1 amide bonds. The molecule has 0 bridgehead atoms. The van der Waals surface area contributed by atoms with E-state index in [2.05, 4.69) is 0 Å². The van der Waals surface area contributed by atoms with Crippen LogP contribution in [0.1, 0.15) is 45.3 Å². The van der Waals surface area contributed by atoms with Crippen LogP contribution in [0.5, 0.6) is 0 Å². The Labute approximate surface area is 114 Å². The van der Waals surface area contributed by atoms with E-state index >= 15 is 0 Å². The SMILES string of the molecule is CCC(CC)(CN)C(=O)N(Cc1ccco1)C1CC1. The van der Waals surface area contributed by atoms with E-state index in [1.807, 2.05) is 30.9 Å². The molecule has 0 unspecified atom stereocenters. The third-order valence-corrected chi connectivity index (χ3v) is 4.35. The zero-order chi connectivity index (χ0) is 13.9. The van der Waals surface area contributed by atoms with Gasteiger partial charge in [0, 0.05) is 12.6 Å². The largest absolute Gasteiger partial charge is 0.467 e. The zero-order valence-corrected chi connectivity index (χ0v) is 11.9. The summed E-state index contributed by atoms with van der Waals surface area (Å²) in [6, 6.07) is 4.16. The van der Waals surface area contributed by atoms with Crippen LogP contribution in [0.15, 0.2) is 22.8 Å². The number of hydrogen-bond acceptors (Lipinski definition) is 3. The van der Waals surface area contributed by atoms with Crippen molar-refractivity contribution in [2.75, 3.05) is 6.54 Å². The van der Waals surface area contributed by atoms with Crippen molar-refractivity contribution in [3.8, 4) is 0 Å². The number of furan rings is 1. The number of hydrogen-bond donors (Lipinski definition) is 1. The first-order valence-corrected chi connectivity index (χ1v) is 7.20. The van der Waals surface area contributed by atoms with Crippen molar-refractivity contribution in [2.24, 2.45) is 11.1 Å². The molecule has 0 saturated heterocycles. The Hall–Kier alpha value is -1.29. The Kier molecular flexibility index (Phi) is 4.30. The summed E-state index contributed by atoms with van der Waals surface area (Å²) < 4.78 is 5.38. The van der Waals surface area contributed by atoms with Crippen LogP contribution in [0.4, 0.5) is 0 Å². The Morgan fingerprint density at radius 3 is 2.58 bits per heavy atom. The van der Waals surface area contributed by atoms with E-state index in [0.29, 0.717) is 19.1 Å². The van der Waals surface area contributed by atoms with Crippen LogP contribution in [0.25, 0.3) is 0 Å². The first kappa shape index (κ1) is 14.1. The second-order valence-electron chi connectivity index (χ2n) is 5.44. The number of nitrogens with zero attached hydrogens (tertiary/aromatic N) is 1. The average Bonchev–Trinajstić information content (AvgIpc) is 3.15. The third-order valence-electron chi connectivity index (χ3n) is 4.35. The molecule has 1 heterocycles. The maximum absolute atomic E-state index is 12.9. The van der Waals surface area contributed by atoms with Crippen molar-refractivity contribution in [1.82, 2.24) is 4.90 Å². The molecule has 0 atom stereocenters. The van der Waals surface area contributed by atoms with Gasteiger partial charge >= 0.3 is 0 Å². The van der Waals surface area contributed by atoms with Crippen LogP contribution in [0, 0.1) is 5.41 Å². The highest BCUT2D eigenvalue weighted by molar-refractivity contribution is 5.83. The summed E-state index contributed by atoms with van der Waals surface area (Å²) in [7, 11) is 0. The van der Waals surface area contributed by atoms with E-state index in [1.165, 1.54) is 0 Å². The number of nitrogens with two attached hydrogens (primary N) is 1. The summed E-state index contributed by atoms with van der Waals surface area (Å²) in [6.07, 6.45) is 5.43. The molecule has 1 aromatic heterocycles. The van der Waals surface area contributed by atoms with E-state index in [-0.39, 0.29) is 5.91 Å². The number of carbonyl (C=O) groups is 1. The van der Waals surface area contributed by atoms with Crippen LogP contribution in [0.3, 0.4) is 0 Å². The van der Waals surface area contributed by atoms with Crippen molar-refractivity contribution in [2.45, 2.75) is 52.1 Å². The van der Waals surface area contributed by atoms with Crippen LogP contribution < -0.4 is 5.73 Å². The average molecular weight is 264 g/mol. The standard InChI is InChI=1S/C15H24N2O2/c1-3-15(4-2,11-16)14(18)17(12-7-8-12)10-13-6-5-9-19-13/h5-6,9,12H,3-4,7-8,10-11,16H2,1-2H3. The van der Waals surface area contributed by atoms with Gasteiger partial charge in [-0.3, -0.25) is 4.79 Å². The topological polar surface area (TPSA) is 59.5 Å². The first-order chi connectivity index (χ1) is 9.16. The van der Waals surface area contributed by atoms with Gasteiger partial charge in [0.25, 0.3) is 0 Å². The predicted octanol–water partition coefficient (Wildman–Crippen LogP) is 2.54. The molecular formula is C15H24N2O2. The fraction of sp³-hybridized carbons (Fsp3) is 0.667. The lowest BCUT2D eigenvalue weighted by Gasteiger charge is -2.35. The number of rotatable bonds is 7. The molecule has 1 aromatic rings. The highest BCUT2D eigenvalue weighted by atomic mass is 16.3. The number of carbonyl (C=O) groups excluding carboxylic acids is 1. The zero-order valence-electron chi connectivity index (χ0n) is 11.9. The Morgan fingerprint density at radius 2 is 2.16 bits per heavy atom. The second-order valence-corrected chi connectivity index (χ2v) is 5.44. The van der Waals surface area contributed by atoms with Gasteiger partial charge in [-0.2, -0.15) is 0 Å². The molecule has 4 heteroatoms. The van der Waals surface area contributed by atoms with Gasteiger partial charge in [-0.1, -0.05) is 13.8 Å². The van der Waals surface area contributed by atoms with Gasteiger partial charge < -0.3 is 15.1 Å². The fourth-order valence-corrected chi connectivity index (χ4v) is 2.56. The highest BCUT2D eigenvalue weighted by Crippen LogP contribution is 2.35. The molecule has 19 heavy (non-hydrogen) atoms. The minimum Gasteiger partial charge on any atom is -0.467 e. The van der Waals surface area contributed by atoms with Crippen molar-refractivity contribution >= 4 is 5.91 Å². The smallest absolute Gasteiger partial charge is 0.230 e. The van der Waals surface area contributed by atoms with E-state index in [1.54, 1.807) is 6.26 Å². The molecule has 1 aliphatic rings. The van der Waals surface area contributed by atoms with E-state index in [0.717, 1.165) is 31.4 Å². The lowest BCUT2D eigenvalue weighted by molar-refractivity contribution is -0.143. The molecule has 0 radical (unpaired) electrons. The van der Waals surface area contributed by atoms with Gasteiger partial charge in [0.1, 0.15) is 5.76 Å². The lowest BCUT2D eigenvalue weighted by atomic mass is 9.81. The summed E-state index contributed by atoms with van der Waals surface area (Å²) in [5.74, 6) is 1.04. The summed E-state index contributed by atoms with van der Waals surface area (Å²) in [4.78, 5) is 14.8. The molecule has 1 saturated carbocycles. The maximum atomic E-state index is 12.9. The Balaban J connectivity index is 2.16. The normalized spacial score (nSPS) is 15.5. The van der Waals surface area contributed by atoms with Gasteiger partial charge in [-0.05, 0) is 37.8 Å². The minimum atomic E-state index is -0.408. The quantitative estimate of drug-likeness (QED) is 0.823. The Bertz CT molecular complexity index is 398. The van der Waals surface area contributed by atoms with Gasteiger partial charge in [0.2, 0.25) is 5.91 Å². The molecular weight excluding hydrogens is 240 g/mol. The van der Waals surface area contributed by atoms with Gasteiger partial charge in [-0.25, -0.2) is 0 Å². The Morgan fingerprint density at radius 1 is 1.47 bits per heavy atom. The van der Waals surface area contributed by atoms with Crippen LogP contribution in [-0.4, -0.2) is 23.4 Å². The van der Waals surface area contributed by atoms with Gasteiger partial charge in [0.15, 0.2) is 0 Å². The molecule has 1 aliphatic carbocycles. The third kappa shape index (κ3) is 2.84. The van der Waals surface area contributed by atoms with Crippen LogP contribution in [0.2, 0.25) is 0 Å². The lowest BCUT2D eigenvalue weighted by Crippen LogP contribution is -2.48. The van der Waals surface area contributed by atoms with Crippen molar-refractivity contribution in [1.29, 1.82) is 0 Å². The maximum Gasteiger partial charge on any atom is 0.230 e. The molecule has 2 rings (SSSR count).